The Kier molecular flexibility index (Phi) is 12.7. The minimum absolute atomic E-state index is 0.1000. The smallest absolute Gasteiger partial charge is 0.243 e. The molecule has 0 aromatic rings. The van der Waals surface area contributed by atoms with Gasteiger partial charge in [-0.1, -0.05) is 45.8 Å². The molecule has 3 N–H and O–H groups in total. The van der Waals surface area contributed by atoms with E-state index in [1.807, 2.05) is 19.9 Å². The molecular weight excluding hydrogens is 318 g/mol. The lowest BCUT2D eigenvalue weighted by Crippen LogP contribution is -2.51. The number of hydrogen-bond acceptors (Lipinski definition) is 4. The van der Waals surface area contributed by atoms with Crippen LogP contribution in [0.3, 0.4) is 0 Å². The second kappa shape index (κ2) is 13.6. The molecule has 0 aromatic heterocycles. The van der Waals surface area contributed by atoms with Crippen molar-refractivity contribution >= 4 is 17.6 Å². The number of carbonyl (C=O) groups excluding carboxylic acids is 3. The summed E-state index contributed by atoms with van der Waals surface area (Å²) >= 11 is 0. The molecule has 1 saturated heterocycles. The van der Waals surface area contributed by atoms with Crippen LogP contribution in [-0.2, 0) is 14.4 Å². The van der Waals surface area contributed by atoms with Crippen LogP contribution in [0.15, 0.2) is 12.2 Å². The van der Waals surface area contributed by atoms with Gasteiger partial charge in [-0.15, -0.1) is 0 Å². The molecular formula is C19H35N3O3. The Balaban J connectivity index is 0.00000277. The molecule has 1 aliphatic rings. The van der Waals surface area contributed by atoms with Crippen molar-refractivity contribution in [1.82, 2.24) is 10.2 Å². The van der Waals surface area contributed by atoms with Gasteiger partial charge in [-0.05, 0) is 32.6 Å². The largest absolute Gasteiger partial charge is 0.341 e. The minimum Gasteiger partial charge on any atom is -0.341 e. The molecule has 6 heteroatoms. The lowest BCUT2D eigenvalue weighted by atomic mass is 10.1. The number of Topliss-reactive ketones (excluding diaryl/α,β-unsaturated/α-hetero) is 1. The first-order chi connectivity index (χ1) is 12.0. The number of rotatable bonds is 9. The van der Waals surface area contributed by atoms with Gasteiger partial charge in [0.1, 0.15) is 12.1 Å². The van der Waals surface area contributed by atoms with Gasteiger partial charge < -0.3 is 16.0 Å². The Morgan fingerprint density at radius 2 is 1.96 bits per heavy atom. The fourth-order valence-electron chi connectivity index (χ4n) is 2.73. The maximum absolute atomic E-state index is 12.4. The second-order valence-electron chi connectivity index (χ2n) is 5.97. The quantitative estimate of drug-likeness (QED) is 0.491. The van der Waals surface area contributed by atoms with Gasteiger partial charge in [0.2, 0.25) is 11.8 Å². The summed E-state index contributed by atoms with van der Waals surface area (Å²) in [6.07, 6.45) is 9.36. The van der Waals surface area contributed by atoms with Gasteiger partial charge in [0, 0.05) is 6.54 Å². The fraction of sp³-hybridized carbons (Fsp3) is 0.737. The number of ketones is 1. The molecule has 0 aliphatic carbocycles. The van der Waals surface area contributed by atoms with Crippen LogP contribution in [0.4, 0.5) is 0 Å². The van der Waals surface area contributed by atoms with Crippen LogP contribution in [0.5, 0.6) is 0 Å². The first-order valence-corrected chi connectivity index (χ1v) is 9.48. The average Bonchev–Trinajstić information content (AvgIpc) is 3.11. The number of allylic oxidation sites excluding steroid dienone is 1. The van der Waals surface area contributed by atoms with Gasteiger partial charge in [-0.25, -0.2) is 0 Å². The zero-order chi connectivity index (χ0) is 19.2. The number of hydrogen-bond donors (Lipinski definition) is 2. The molecule has 144 valence electrons. The highest BCUT2D eigenvalue weighted by molar-refractivity contribution is 5.93. The predicted molar refractivity (Wildman–Crippen MR) is 101 cm³/mol. The molecule has 6 nitrogen and oxygen atoms in total. The Morgan fingerprint density at radius 3 is 2.52 bits per heavy atom. The van der Waals surface area contributed by atoms with E-state index in [-0.39, 0.29) is 24.1 Å². The van der Waals surface area contributed by atoms with Crippen LogP contribution in [0, 0.1) is 0 Å². The first kappa shape index (κ1) is 23.3. The molecule has 1 rings (SSSR count). The highest BCUT2D eigenvalue weighted by Crippen LogP contribution is 2.17. The summed E-state index contributed by atoms with van der Waals surface area (Å²) in [6.45, 7) is 8.04. The summed E-state index contributed by atoms with van der Waals surface area (Å²) in [4.78, 5) is 37.4. The van der Waals surface area contributed by atoms with Crippen molar-refractivity contribution in [3.63, 3.8) is 0 Å². The minimum atomic E-state index is -0.625. The molecule has 0 bridgehead atoms. The van der Waals surface area contributed by atoms with Crippen molar-refractivity contribution in [3.8, 4) is 0 Å². The lowest BCUT2D eigenvalue weighted by molar-refractivity contribution is -0.138. The molecule has 0 aromatic carbocycles. The zero-order valence-electron chi connectivity index (χ0n) is 16.2. The zero-order valence-corrected chi connectivity index (χ0v) is 16.2. The van der Waals surface area contributed by atoms with E-state index in [0.717, 1.165) is 32.1 Å². The number of nitrogens with two attached hydrogens (primary N) is 1. The van der Waals surface area contributed by atoms with Crippen LogP contribution in [0.1, 0.15) is 66.2 Å². The van der Waals surface area contributed by atoms with E-state index in [0.29, 0.717) is 13.0 Å². The Hall–Kier alpha value is -1.69. The highest BCUT2D eigenvalue weighted by atomic mass is 16.2. The summed E-state index contributed by atoms with van der Waals surface area (Å²) in [6, 6.07) is -1.14. The maximum atomic E-state index is 12.4. The van der Waals surface area contributed by atoms with Crippen LogP contribution >= 0.6 is 0 Å². The normalized spacial score (nSPS) is 17.8. The number of carbonyl (C=O) groups is 3. The van der Waals surface area contributed by atoms with Gasteiger partial charge >= 0.3 is 0 Å². The summed E-state index contributed by atoms with van der Waals surface area (Å²) in [5.74, 6) is -0.611. The van der Waals surface area contributed by atoms with E-state index < -0.39 is 12.1 Å². The first-order valence-electron chi connectivity index (χ1n) is 9.48. The number of amides is 2. The Labute approximate surface area is 152 Å². The number of likely N-dealkylation sites (tertiary alicyclic amines) is 1. The Bertz CT molecular complexity index is 449. The molecule has 2 unspecified atom stereocenters. The number of unbranched alkanes of at least 4 members (excludes halogenated alkanes) is 3. The predicted octanol–water partition coefficient (Wildman–Crippen LogP) is 2.17. The summed E-state index contributed by atoms with van der Waals surface area (Å²) < 4.78 is 0. The topological polar surface area (TPSA) is 92.5 Å². The average molecular weight is 354 g/mol. The van der Waals surface area contributed by atoms with Gasteiger partial charge in [0.25, 0.3) is 0 Å². The van der Waals surface area contributed by atoms with Crippen molar-refractivity contribution in [2.24, 2.45) is 5.73 Å². The van der Waals surface area contributed by atoms with E-state index in [1.54, 1.807) is 6.08 Å². The number of nitrogens with one attached hydrogen (secondary N) is 1. The van der Waals surface area contributed by atoms with Crippen molar-refractivity contribution in [1.29, 1.82) is 0 Å². The summed E-state index contributed by atoms with van der Waals surface area (Å²) in [5, 5.41) is 2.75. The third-order valence-electron chi connectivity index (χ3n) is 4.09. The molecule has 2 atom stereocenters. The van der Waals surface area contributed by atoms with Crippen molar-refractivity contribution in [3.05, 3.63) is 12.2 Å². The Morgan fingerprint density at radius 1 is 1.28 bits per heavy atom. The van der Waals surface area contributed by atoms with Crippen molar-refractivity contribution in [2.45, 2.75) is 78.3 Å². The van der Waals surface area contributed by atoms with Gasteiger partial charge in [-0.2, -0.15) is 0 Å². The molecule has 1 heterocycles. The van der Waals surface area contributed by atoms with Crippen LogP contribution in [-0.4, -0.2) is 47.7 Å². The molecule has 1 fully saturated rings. The molecule has 1 aliphatic heterocycles. The SMILES string of the molecule is CC.CCCCC/C=C\C(NC(=O)C1CCCN1C(=O)CN)C(C)=O. The van der Waals surface area contributed by atoms with E-state index in [1.165, 1.54) is 11.8 Å². The van der Waals surface area contributed by atoms with Crippen LogP contribution in [0.2, 0.25) is 0 Å². The molecule has 2 amide bonds. The summed E-state index contributed by atoms with van der Waals surface area (Å²) in [5.41, 5.74) is 5.38. The van der Waals surface area contributed by atoms with Crippen LogP contribution < -0.4 is 11.1 Å². The third kappa shape index (κ3) is 8.29. The lowest BCUT2D eigenvalue weighted by Gasteiger charge is -2.24. The standard InChI is InChI=1S/C17H29N3O3.C2H6/c1-3-4-5-6-7-9-14(13(2)21)19-17(23)15-10-8-11-20(15)16(22)12-18;1-2/h7,9,14-15H,3-6,8,10-12,18H2,1-2H3,(H,19,23);1-2H3/b9-7-;. The molecule has 0 saturated carbocycles. The van der Waals surface area contributed by atoms with E-state index in [4.69, 9.17) is 5.73 Å². The van der Waals surface area contributed by atoms with Crippen LogP contribution in [0.25, 0.3) is 0 Å². The second-order valence-corrected chi connectivity index (χ2v) is 5.97. The fourth-order valence-corrected chi connectivity index (χ4v) is 2.73. The van der Waals surface area contributed by atoms with E-state index in [2.05, 4.69) is 12.2 Å². The third-order valence-corrected chi connectivity index (χ3v) is 4.09. The van der Waals surface area contributed by atoms with E-state index in [9.17, 15) is 14.4 Å². The van der Waals surface area contributed by atoms with Crippen molar-refractivity contribution in [2.75, 3.05) is 13.1 Å². The molecule has 0 radical (unpaired) electrons. The van der Waals surface area contributed by atoms with Gasteiger partial charge in [0.05, 0.1) is 6.54 Å². The monoisotopic (exact) mass is 353 g/mol. The maximum Gasteiger partial charge on any atom is 0.243 e. The molecule has 0 spiro atoms. The number of nitrogens with zero attached hydrogens (tertiary/aromatic N) is 1. The van der Waals surface area contributed by atoms with Crippen molar-refractivity contribution < 1.29 is 14.4 Å². The molecule has 25 heavy (non-hydrogen) atoms. The van der Waals surface area contributed by atoms with E-state index >= 15 is 0 Å². The van der Waals surface area contributed by atoms with Gasteiger partial charge in [0.15, 0.2) is 5.78 Å². The highest BCUT2D eigenvalue weighted by Gasteiger charge is 2.34. The summed E-state index contributed by atoms with van der Waals surface area (Å²) in [7, 11) is 0. The van der Waals surface area contributed by atoms with Gasteiger partial charge in [-0.3, -0.25) is 14.4 Å².